The number of halogens is 1. The standard InChI is InChI=1S/C24H24FN5O4/c1-13-22(19-9-17(25)11-26-23(19)34-3)30(24(32)33)21-8-15(4-7-20(21)29(13)14(2)31)16-10-27-28(12-16)18-5-6-18/h4,7-13,18,22H,5-6H2,1-3H3,(H,32,33)/t13-,22?/m0/s1. The zero-order valence-electron chi connectivity index (χ0n) is 19.0. The molecule has 10 heteroatoms. The summed E-state index contributed by atoms with van der Waals surface area (Å²) in [6.07, 6.45) is 5.64. The highest BCUT2D eigenvalue weighted by atomic mass is 19.1. The second-order valence-corrected chi connectivity index (χ2v) is 8.62. The quantitative estimate of drug-likeness (QED) is 0.613. The minimum atomic E-state index is -1.24. The SMILES string of the molecule is COc1ncc(F)cc1C1[C@H](C)N(C(C)=O)c2ccc(-c3cnn(C4CC4)c3)cc2N1C(=O)O. The predicted molar refractivity (Wildman–Crippen MR) is 123 cm³/mol. The number of benzene rings is 1. The second-order valence-electron chi connectivity index (χ2n) is 8.62. The zero-order chi connectivity index (χ0) is 24.1. The summed E-state index contributed by atoms with van der Waals surface area (Å²) >= 11 is 0. The zero-order valence-corrected chi connectivity index (χ0v) is 19.0. The van der Waals surface area contributed by atoms with Gasteiger partial charge in [-0.2, -0.15) is 5.10 Å². The van der Waals surface area contributed by atoms with Crippen molar-refractivity contribution >= 4 is 23.4 Å². The lowest BCUT2D eigenvalue weighted by molar-refractivity contribution is -0.117. The van der Waals surface area contributed by atoms with Gasteiger partial charge in [0.25, 0.3) is 0 Å². The number of rotatable bonds is 4. The maximum Gasteiger partial charge on any atom is 0.412 e. The Morgan fingerprint density at radius 1 is 1.12 bits per heavy atom. The summed E-state index contributed by atoms with van der Waals surface area (Å²) in [5.74, 6) is -0.797. The molecular weight excluding hydrogens is 441 g/mol. The molecule has 0 radical (unpaired) electrons. The van der Waals surface area contributed by atoms with Crippen LogP contribution >= 0.6 is 0 Å². The first kappa shape index (κ1) is 21.9. The van der Waals surface area contributed by atoms with Crippen LogP contribution in [-0.4, -0.2) is 45.0 Å². The highest BCUT2D eigenvalue weighted by Gasteiger charge is 2.44. The van der Waals surface area contributed by atoms with Crippen LogP contribution in [0.25, 0.3) is 11.1 Å². The van der Waals surface area contributed by atoms with E-state index in [1.54, 1.807) is 25.3 Å². The molecule has 3 aromatic rings. The number of pyridine rings is 1. The third-order valence-electron chi connectivity index (χ3n) is 6.40. The van der Waals surface area contributed by atoms with E-state index in [-0.39, 0.29) is 17.4 Å². The number of hydrogen-bond acceptors (Lipinski definition) is 5. The van der Waals surface area contributed by atoms with Crippen LogP contribution in [0.1, 0.15) is 44.3 Å². The van der Waals surface area contributed by atoms with Gasteiger partial charge in [-0.3, -0.25) is 14.4 Å². The molecule has 1 fully saturated rings. The van der Waals surface area contributed by atoms with E-state index >= 15 is 0 Å². The number of nitrogens with zero attached hydrogens (tertiary/aromatic N) is 5. The molecule has 2 aliphatic rings. The molecule has 3 heterocycles. The van der Waals surface area contributed by atoms with Gasteiger partial charge in [0.2, 0.25) is 11.8 Å². The molecule has 0 spiro atoms. The highest BCUT2D eigenvalue weighted by molar-refractivity contribution is 6.03. The van der Waals surface area contributed by atoms with Crippen molar-refractivity contribution in [1.82, 2.24) is 14.8 Å². The van der Waals surface area contributed by atoms with Crippen LogP contribution in [0, 0.1) is 5.82 Å². The van der Waals surface area contributed by atoms with E-state index in [1.807, 2.05) is 16.9 Å². The highest BCUT2D eigenvalue weighted by Crippen LogP contribution is 2.47. The summed E-state index contributed by atoms with van der Waals surface area (Å²) in [7, 11) is 1.38. The van der Waals surface area contributed by atoms with E-state index in [4.69, 9.17) is 4.74 Å². The first-order valence-corrected chi connectivity index (χ1v) is 11.0. The van der Waals surface area contributed by atoms with Gasteiger partial charge in [-0.1, -0.05) is 6.07 Å². The van der Waals surface area contributed by atoms with Crippen molar-refractivity contribution in [3.63, 3.8) is 0 Å². The number of carbonyl (C=O) groups is 2. The second kappa shape index (κ2) is 8.12. The Kier molecular flexibility index (Phi) is 5.22. The van der Waals surface area contributed by atoms with E-state index in [2.05, 4.69) is 10.1 Å². The number of carboxylic acid groups (broad SMARTS) is 1. The van der Waals surface area contributed by atoms with Gasteiger partial charge < -0.3 is 14.7 Å². The summed E-state index contributed by atoms with van der Waals surface area (Å²) in [5.41, 5.74) is 2.61. The number of aromatic nitrogens is 3. The fourth-order valence-corrected chi connectivity index (χ4v) is 4.75. The van der Waals surface area contributed by atoms with E-state index in [0.717, 1.165) is 35.1 Å². The number of hydrogen-bond donors (Lipinski definition) is 1. The molecule has 0 bridgehead atoms. The normalized spacial score (nSPS) is 19.6. The van der Waals surface area contributed by atoms with Gasteiger partial charge in [-0.05, 0) is 43.5 Å². The van der Waals surface area contributed by atoms with Gasteiger partial charge in [-0.25, -0.2) is 14.2 Å². The number of ether oxygens (including phenoxy) is 1. The number of carbonyl (C=O) groups excluding carboxylic acids is 1. The molecule has 1 unspecified atom stereocenters. The lowest BCUT2D eigenvalue weighted by atomic mass is 9.92. The van der Waals surface area contributed by atoms with Gasteiger partial charge in [0.05, 0.1) is 49.0 Å². The molecule has 1 aliphatic carbocycles. The van der Waals surface area contributed by atoms with Crippen molar-refractivity contribution in [2.24, 2.45) is 0 Å². The summed E-state index contributed by atoms with van der Waals surface area (Å²) in [6.45, 7) is 3.14. The first-order chi connectivity index (χ1) is 16.3. The molecule has 2 atom stereocenters. The van der Waals surface area contributed by atoms with Crippen molar-refractivity contribution in [3.05, 3.63) is 54.2 Å². The largest absolute Gasteiger partial charge is 0.481 e. The Bertz CT molecular complexity index is 1290. The van der Waals surface area contributed by atoms with E-state index < -0.39 is 24.0 Å². The lowest BCUT2D eigenvalue weighted by Gasteiger charge is -2.46. The maximum absolute atomic E-state index is 14.2. The van der Waals surface area contributed by atoms with Gasteiger partial charge >= 0.3 is 6.09 Å². The average Bonchev–Trinajstić information content (AvgIpc) is 3.54. The minimum absolute atomic E-state index is 0.0957. The Morgan fingerprint density at radius 3 is 2.53 bits per heavy atom. The fourth-order valence-electron chi connectivity index (χ4n) is 4.75. The smallest absolute Gasteiger partial charge is 0.412 e. The Balaban J connectivity index is 1.69. The molecule has 34 heavy (non-hydrogen) atoms. The molecule has 176 valence electrons. The van der Waals surface area contributed by atoms with Crippen LogP contribution in [0.4, 0.5) is 20.6 Å². The van der Waals surface area contributed by atoms with Gasteiger partial charge in [0.1, 0.15) is 5.82 Å². The van der Waals surface area contributed by atoms with Crippen molar-refractivity contribution in [1.29, 1.82) is 0 Å². The summed E-state index contributed by atoms with van der Waals surface area (Å²) < 4.78 is 21.5. The maximum atomic E-state index is 14.2. The van der Waals surface area contributed by atoms with Crippen molar-refractivity contribution in [3.8, 4) is 17.0 Å². The number of fused-ring (bicyclic) bond motifs is 1. The molecule has 1 aliphatic heterocycles. The minimum Gasteiger partial charge on any atom is -0.481 e. The molecule has 1 N–H and O–H groups in total. The van der Waals surface area contributed by atoms with Crippen LogP contribution in [0.15, 0.2) is 42.9 Å². The number of amides is 2. The van der Waals surface area contributed by atoms with Crippen molar-refractivity contribution < 1.29 is 23.8 Å². The Morgan fingerprint density at radius 2 is 1.88 bits per heavy atom. The molecule has 0 saturated heterocycles. The average molecular weight is 465 g/mol. The topological polar surface area (TPSA) is 101 Å². The van der Waals surface area contributed by atoms with Crippen LogP contribution in [0.5, 0.6) is 5.88 Å². The molecule has 1 aromatic carbocycles. The molecule has 9 nitrogen and oxygen atoms in total. The number of anilines is 2. The third kappa shape index (κ3) is 3.55. The van der Waals surface area contributed by atoms with Crippen molar-refractivity contribution in [2.45, 2.75) is 44.8 Å². The molecule has 2 amide bonds. The monoisotopic (exact) mass is 465 g/mol. The van der Waals surface area contributed by atoms with Crippen LogP contribution in [0.3, 0.4) is 0 Å². The van der Waals surface area contributed by atoms with E-state index in [9.17, 15) is 19.1 Å². The third-order valence-corrected chi connectivity index (χ3v) is 6.40. The number of methoxy groups -OCH3 is 1. The molecular formula is C24H24FN5O4. The van der Waals surface area contributed by atoms with Gasteiger partial charge in [0, 0.05) is 24.2 Å². The van der Waals surface area contributed by atoms with Gasteiger partial charge in [-0.15, -0.1) is 0 Å². The molecule has 1 saturated carbocycles. The summed E-state index contributed by atoms with van der Waals surface area (Å²) in [5, 5.41) is 14.7. The summed E-state index contributed by atoms with van der Waals surface area (Å²) in [6, 6.07) is 5.33. The Labute approximate surface area is 195 Å². The first-order valence-electron chi connectivity index (χ1n) is 11.0. The predicted octanol–water partition coefficient (Wildman–Crippen LogP) is 4.41. The lowest BCUT2D eigenvalue weighted by Crippen LogP contribution is -2.53. The fraction of sp³-hybridized carbons (Fsp3) is 0.333. The van der Waals surface area contributed by atoms with Crippen LogP contribution in [-0.2, 0) is 4.79 Å². The summed E-state index contributed by atoms with van der Waals surface area (Å²) in [4.78, 5) is 32.0. The van der Waals surface area contributed by atoms with E-state index in [0.29, 0.717) is 17.4 Å². The van der Waals surface area contributed by atoms with E-state index in [1.165, 1.54) is 25.0 Å². The van der Waals surface area contributed by atoms with Crippen LogP contribution < -0.4 is 14.5 Å². The Hall–Kier alpha value is -3.95. The molecule has 2 aromatic heterocycles. The van der Waals surface area contributed by atoms with Crippen LogP contribution in [0.2, 0.25) is 0 Å². The van der Waals surface area contributed by atoms with Gasteiger partial charge in [0.15, 0.2) is 0 Å². The molecule has 5 rings (SSSR count). The van der Waals surface area contributed by atoms with Crippen molar-refractivity contribution in [2.75, 3.05) is 16.9 Å².